The minimum atomic E-state index is -0.403. The van der Waals surface area contributed by atoms with Crippen LogP contribution in [0.3, 0.4) is 0 Å². The van der Waals surface area contributed by atoms with E-state index in [9.17, 15) is 9.18 Å². The molecule has 2 N–H and O–H groups in total. The first-order valence-electron chi connectivity index (χ1n) is 11.1. The number of nitrogens with zero attached hydrogens (tertiary/aromatic N) is 5. The lowest BCUT2D eigenvalue weighted by atomic mass is 10.0. The van der Waals surface area contributed by atoms with E-state index < -0.39 is 5.82 Å². The van der Waals surface area contributed by atoms with E-state index in [4.69, 9.17) is 4.74 Å². The van der Waals surface area contributed by atoms with Crippen molar-refractivity contribution in [3.8, 4) is 17.0 Å². The maximum absolute atomic E-state index is 14.5. The first-order chi connectivity index (χ1) is 16.0. The summed E-state index contributed by atoms with van der Waals surface area (Å²) < 4.78 is 21.8. The quantitative estimate of drug-likeness (QED) is 0.497. The number of nitrogens with one attached hydrogen (secondary N) is 2. The van der Waals surface area contributed by atoms with Crippen LogP contribution in [0.1, 0.15) is 19.8 Å². The van der Waals surface area contributed by atoms with Crippen LogP contribution < -0.4 is 10.1 Å². The van der Waals surface area contributed by atoms with Gasteiger partial charge in [-0.15, -0.1) is 0 Å². The van der Waals surface area contributed by atoms with Crippen molar-refractivity contribution < 1.29 is 13.9 Å². The lowest BCUT2D eigenvalue weighted by molar-refractivity contribution is -0.128. The molecule has 1 saturated carbocycles. The van der Waals surface area contributed by atoms with Crippen LogP contribution in [0, 0.1) is 17.7 Å². The van der Waals surface area contributed by atoms with E-state index in [1.165, 1.54) is 6.07 Å². The highest BCUT2D eigenvalue weighted by Crippen LogP contribution is 2.40. The Bertz CT molecular complexity index is 1370. The summed E-state index contributed by atoms with van der Waals surface area (Å²) in [6.07, 6.45) is 8.85. The molecule has 1 aliphatic carbocycles. The molecule has 4 aromatic heterocycles. The lowest BCUT2D eigenvalue weighted by Gasteiger charge is -2.18. The van der Waals surface area contributed by atoms with Gasteiger partial charge >= 0.3 is 0 Å². The van der Waals surface area contributed by atoms with E-state index in [1.807, 2.05) is 11.1 Å². The summed E-state index contributed by atoms with van der Waals surface area (Å²) in [4.78, 5) is 30.1. The number of likely N-dealkylation sites (tertiary alicyclic amines) is 1. The minimum absolute atomic E-state index is 0.155. The van der Waals surface area contributed by atoms with Crippen LogP contribution in [-0.2, 0) is 4.79 Å². The zero-order valence-corrected chi connectivity index (χ0v) is 18.4. The van der Waals surface area contributed by atoms with Gasteiger partial charge < -0.3 is 24.3 Å². The molecule has 4 aromatic rings. The summed E-state index contributed by atoms with van der Waals surface area (Å²) in [5.41, 5.74) is 2.32. The SMILES string of the molecule is COc1nc(NC2C[C@@H]3CN(C(C)=O)C[C@@H]3C2)nc2[nH]cc(-c3cc(F)c4nccn4c3)c12. The molecule has 10 heteroatoms. The van der Waals surface area contributed by atoms with E-state index in [0.717, 1.165) is 31.5 Å². The Kier molecular flexibility index (Phi) is 4.49. The maximum atomic E-state index is 14.5. The van der Waals surface area contributed by atoms with Crippen LogP contribution in [0.4, 0.5) is 10.3 Å². The zero-order valence-electron chi connectivity index (χ0n) is 18.4. The van der Waals surface area contributed by atoms with Gasteiger partial charge in [-0.25, -0.2) is 9.37 Å². The monoisotopic (exact) mass is 449 g/mol. The van der Waals surface area contributed by atoms with Gasteiger partial charge in [0.2, 0.25) is 17.7 Å². The molecule has 1 unspecified atom stereocenters. The smallest absolute Gasteiger partial charge is 0.228 e. The molecule has 3 atom stereocenters. The molecule has 1 saturated heterocycles. The number of pyridine rings is 1. The van der Waals surface area contributed by atoms with Crippen LogP contribution in [0.5, 0.6) is 5.88 Å². The summed E-state index contributed by atoms with van der Waals surface area (Å²) in [5.74, 6) is 1.70. The van der Waals surface area contributed by atoms with E-state index in [1.54, 1.807) is 37.0 Å². The average molecular weight is 449 g/mol. The average Bonchev–Trinajstić information content (AvgIpc) is 3.55. The molecule has 170 valence electrons. The number of aromatic amines is 1. The van der Waals surface area contributed by atoms with Gasteiger partial charge in [-0.1, -0.05) is 0 Å². The van der Waals surface area contributed by atoms with Crippen LogP contribution in [0.15, 0.2) is 30.9 Å². The number of ether oxygens (including phenoxy) is 1. The van der Waals surface area contributed by atoms with Crippen molar-refractivity contribution in [2.24, 2.45) is 11.8 Å². The third-order valence-corrected chi connectivity index (χ3v) is 6.97. The number of imidazole rings is 1. The summed E-state index contributed by atoms with van der Waals surface area (Å²) in [6.45, 7) is 3.30. The van der Waals surface area contributed by atoms with Crippen molar-refractivity contribution in [2.75, 3.05) is 25.5 Å². The molecule has 5 heterocycles. The molecule has 0 aromatic carbocycles. The van der Waals surface area contributed by atoms with Crippen molar-refractivity contribution in [3.05, 3.63) is 36.7 Å². The Hall–Kier alpha value is -3.69. The number of halogens is 1. The molecule has 1 aliphatic heterocycles. The molecule has 2 fully saturated rings. The van der Waals surface area contributed by atoms with Crippen LogP contribution in [0.25, 0.3) is 27.8 Å². The number of amides is 1. The third kappa shape index (κ3) is 3.28. The van der Waals surface area contributed by atoms with Crippen molar-refractivity contribution in [3.63, 3.8) is 0 Å². The highest BCUT2D eigenvalue weighted by Gasteiger charge is 2.41. The lowest BCUT2D eigenvalue weighted by Crippen LogP contribution is -2.29. The fourth-order valence-corrected chi connectivity index (χ4v) is 5.44. The molecular weight excluding hydrogens is 425 g/mol. The largest absolute Gasteiger partial charge is 0.480 e. The zero-order chi connectivity index (χ0) is 22.7. The highest BCUT2D eigenvalue weighted by molar-refractivity contribution is 5.97. The molecule has 0 radical (unpaired) electrons. The second-order valence-electron chi connectivity index (χ2n) is 8.97. The van der Waals surface area contributed by atoms with Crippen molar-refractivity contribution in [1.29, 1.82) is 0 Å². The van der Waals surface area contributed by atoms with Crippen molar-refractivity contribution in [2.45, 2.75) is 25.8 Å². The first kappa shape index (κ1) is 20.0. The maximum Gasteiger partial charge on any atom is 0.228 e. The van der Waals surface area contributed by atoms with Crippen molar-refractivity contribution in [1.82, 2.24) is 29.2 Å². The van der Waals surface area contributed by atoms with Crippen molar-refractivity contribution >= 4 is 28.5 Å². The molecule has 33 heavy (non-hydrogen) atoms. The predicted molar refractivity (Wildman–Crippen MR) is 120 cm³/mol. The van der Waals surface area contributed by atoms with Gasteiger partial charge in [-0.05, 0) is 30.7 Å². The third-order valence-electron chi connectivity index (χ3n) is 6.97. The fraction of sp³-hybridized carbons (Fsp3) is 0.391. The minimum Gasteiger partial charge on any atom is -0.480 e. The number of rotatable bonds is 4. The first-order valence-corrected chi connectivity index (χ1v) is 11.1. The molecule has 0 bridgehead atoms. The van der Waals surface area contributed by atoms with Gasteiger partial charge in [0.1, 0.15) is 5.65 Å². The second kappa shape index (κ2) is 7.43. The topological polar surface area (TPSA) is 100 Å². The summed E-state index contributed by atoms with van der Waals surface area (Å²) in [5, 5.41) is 4.16. The predicted octanol–water partition coefficient (Wildman–Crippen LogP) is 3.09. The van der Waals surface area contributed by atoms with Gasteiger partial charge in [0, 0.05) is 62.0 Å². The highest BCUT2D eigenvalue weighted by atomic mass is 19.1. The van der Waals surface area contributed by atoms with E-state index in [2.05, 4.69) is 25.3 Å². The molecule has 2 aliphatic rings. The number of H-pyrrole nitrogens is 1. The Labute approximate surface area is 189 Å². The Morgan fingerprint density at radius 1 is 1.27 bits per heavy atom. The van der Waals surface area contributed by atoms with Gasteiger partial charge in [0.15, 0.2) is 11.5 Å². The Morgan fingerprint density at radius 2 is 2.06 bits per heavy atom. The van der Waals surface area contributed by atoms with E-state index in [-0.39, 0.29) is 17.6 Å². The number of hydrogen-bond acceptors (Lipinski definition) is 6. The second-order valence-corrected chi connectivity index (χ2v) is 8.97. The van der Waals surface area contributed by atoms with Crippen LogP contribution in [-0.4, -0.2) is 61.4 Å². The van der Waals surface area contributed by atoms with E-state index >= 15 is 0 Å². The number of carbonyl (C=O) groups excluding carboxylic acids is 1. The van der Waals surface area contributed by atoms with Gasteiger partial charge in [-0.3, -0.25) is 4.79 Å². The Balaban J connectivity index is 1.29. The molecule has 1 amide bonds. The van der Waals surface area contributed by atoms with E-state index in [0.29, 0.717) is 40.3 Å². The van der Waals surface area contributed by atoms with Gasteiger partial charge in [0.25, 0.3) is 0 Å². The number of anilines is 1. The number of carbonyl (C=O) groups is 1. The van der Waals surface area contributed by atoms with Gasteiger partial charge in [-0.2, -0.15) is 9.97 Å². The Morgan fingerprint density at radius 3 is 2.79 bits per heavy atom. The number of methoxy groups -OCH3 is 1. The normalized spacial score (nSPS) is 22.3. The molecular formula is C23H24FN7O2. The summed E-state index contributed by atoms with van der Waals surface area (Å²) in [6, 6.07) is 1.71. The van der Waals surface area contributed by atoms with Gasteiger partial charge in [0.05, 0.1) is 12.5 Å². The van der Waals surface area contributed by atoms with Crippen LogP contribution in [0.2, 0.25) is 0 Å². The molecule has 6 rings (SSSR count). The summed E-state index contributed by atoms with van der Waals surface area (Å²) in [7, 11) is 1.57. The fourth-order valence-electron chi connectivity index (χ4n) is 5.44. The number of fused-ring (bicyclic) bond motifs is 3. The number of hydrogen-bond donors (Lipinski definition) is 2. The number of aromatic nitrogens is 5. The molecule has 9 nitrogen and oxygen atoms in total. The molecule has 0 spiro atoms. The van der Waals surface area contributed by atoms with Crippen LogP contribution >= 0.6 is 0 Å². The summed E-state index contributed by atoms with van der Waals surface area (Å²) >= 11 is 0. The standard InChI is InChI=1S/C23H24FN7O2/c1-12(32)31-9-13-5-16(6-14(13)10-31)27-23-28-20-19(22(29-23)33-2)17(8-26-20)15-7-18(24)21-25-3-4-30(21)11-15/h3-4,7-8,11,13-14,16H,5-6,9-10H2,1-2H3,(H2,26,27,28,29)/t13-,14+,16?.